The van der Waals surface area contributed by atoms with E-state index in [1.165, 1.54) is 6.07 Å². The van der Waals surface area contributed by atoms with Gasteiger partial charge >= 0.3 is 0 Å². The summed E-state index contributed by atoms with van der Waals surface area (Å²) in [5.41, 5.74) is 0.473. The second-order valence-corrected chi connectivity index (χ2v) is 6.48. The van der Waals surface area contributed by atoms with Crippen molar-refractivity contribution in [2.45, 2.75) is 18.9 Å². The van der Waals surface area contributed by atoms with Gasteiger partial charge in [0.1, 0.15) is 5.82 Å². The van der Waals surface area contributed by atoms with E-state index in [4.69, 9.17) is 16.1 Å². The molecule has 1 atom stereocenters. The van der Waals surface area contributed by atoms with Crippen molar-refractivity contribution in [2.75, 3.05) is 18.1 Å². The fourth-order valence-corrected chi connectivity index (χ4v) is 3.40. The molecule has 3 rings (SSSR count). The molecular weight excluding hydrogens is 313 g/mol. The zero-order chi connectivity index (χ0) is 14.7. The van der Waals surface area contributed by atoms with Gasteiger partial charge in [0.2, 0.25) is 5.89 Å². The van der Waals surface area contributed by atoms with Crippen molar-refractivity contribution in [2.24, 2.45) is 0 Å². The number of thioether (sulfide) groups is 1. The van der Waals surface area contributed by atoms with Crippen LogP contribution in [0, 0.1) is 5.82 Å². The van der Waals surface area contributed by atoms with Gasteiger partial charge in [0.25, 0.3) is 0 Å². The SMILES string of the molecule is Fc1c(Cl)cccc1Cc1noc(CC2CSCCN2)n1. The molecule has 0 amide bonds. The van der Waals surface area contributed by atoms with E-state index >= 15 is 0 Å². The number of rotatable bonds is 4. The van der Waals surface area contributed by atoms with Gasteiger partial charge in [-0.3, -0.25) is 0 Å². The number of aromatic nitrogens is 2. The Hall–Kier alpha value is -1.11. The molecule has 1 N–H and O–H groups in total. The third-order valence-electron chi connectivity index (χ3n) is 3.31. The molecule has 4 nitrogen and oxygen atoms in total. The summed E-state index contributed by atoms with van der Waals surface area (Å²) in [6.07, 6.45) is 0.987. The predicted molar refractivity (Wildman–Crippen MR) is 81.3 cm³/mol. The van der Waals surface area contributed by atoms with Crippen LogP contribution in [0.5, 0.6) is 0 Å². The molecule has 1 fully saturated rings. The highest BCUT2D eigenvalue weighted by Gasteiger charge is 2.18. The third kappa shape index (κ3) is 3.75. The van der Waals surface area contributed by atoms with Crippen molar-refractivity contribution in [3.63, 3.8) is 0 Å². The standard InChI is InChI=1S/C14H15ClFN3OS/c15-11-3-1-2-9(14(11)16)6-12-18-13(20-19-12)7-10-8-21-5-4-17-10/h1-3,10,17H,4-8H2. The zero-order valence-corrected chi connectivity index (χ0v) is 12.9. The maximum atomic E-state index is 13.8. The van der Waals surface area contributed by atoms with Crippen LogP contribution in [0.3, 0.4) is 0 Å². The first kappa shape index (κ1) is 14.8. The minimum Gasteiger partial charge on any atom is -0.339 e. The monoisotopic (exact) mass is 327 g/mol. The predicted octanol–water partition coefficient (Wildman–Crippen LogP) is 2.70. The van der Waals surface area contributed by atoms with Crippen molar-refractivity contribution in [1.29, 1.82) is 0 Å². The molecule has 7 heteroatoms. The lowest BCUT2D eigenvalue weighted by molar-refractivity contribution is 0.359. The van der Waals surface area contributed by atoms with Crippen LogP contribution < -0.4 is 5.32 Å². The molecule has 1 saturated heterocycles. The summed E-state index contributed by atoms with van der Waals surface area (Å²) < 4.78 is 19.1. The lowest BCUT2D eigenvalue weighted by Gasteiger charge is -2.21. The van der Waals surface area contributed by atoms with Gasteiger partial charge in [-0.05, 0) is 11.6 Å². The highest BCUT2D eigenvalue weighted by Crippen LogP contribution is 2.20. The van der Waals surface area contributed by atoms with Gasteiger partial charge in [-0.15, -0.1) is 0 Å². The van der Waals surface area contributed by atoms with Crippen molar-refractivity contribution >= 4 is 23.4 Å². The van der Waals surface area contributed by atoms with Crippen LogP contribution in [0.4, 0.5) is 4.39 Å². The lowest BCUT2D eigenvalue weighted by Crippen LogP contribution is -2.38. The summed E-state index contributed by atoms with van der Waals surface area (Å²) in [5, 5.41) is 7.45. The molecule has 2 aromatic rings. The molecule has 2 heterocycles. The van der Waals surface area contributed by atoms with E-state index in [-0.39, 0.29) is 11.4 Å². The summed E-state index contributed by atoms with van der Waals surface area (Å²) >= 11 is 7.68. The zero-order valence-electron chi connectivity index (χ0n) is 11.3. The maximum absolute atomic E-state index is 13.8. The molecule has 0 spiro atoms. The number of nitrogens with zero attached hydrogens (tertiary/aromatic N) is 2. The van der Waals surface area contributed by atoms with Crippen LogP contribution in [-0.4, -0.2) is 34.2 Å². The smallest absolute Gasteiger partial charge is 0.228 e. The van der Waals surface area contributed by atoms with Crippen LogP contribution in [-0.2, 0) is 12.8 Å². The Bertz CT molecular complexity index is 616. The van der Waals surface area contributed by atoms with Crippen molar-refractivity contribution in [3.8, 4) is 0 Å². The molecule has 0 aliphatic carbocycles. The Labute approximate surface area is 131 Å². The number of benzene rings is 1. The summed E-state index contributed by atoms with van der Waals surface area (Å²) in [7, 11) is 0. The molecule has 1 aliphatic rings. The first-order valence-corrected chi connectivity index (χ1v) is 8.31. The summed E-state index contributed by atoms with van der Waals surface area (Å²) in [6.45, 7) is 1.00. The van der Waals surface area contributed by atoms with E-state index in [9.17, 15) is 4.39 Å². The van der Waals surface area contributed by atoms with E-state index in [0.717, 1.165) is 18.1 Å². The van der Waals surface area contributed by atoms with Gasteiger partial charge in [-0.1, -0.05) is 28.9 Å². The third-order valence-corrected chi connectivity index (χ3v) is 4.73. The Kier molecular flexibility index (Phi) is 4.77. The first-order valence-electron chi connectivity index (χ1n) is 6.78. The maximum Gasteiger partial charge on any atom is 0.228 e. The van der Waals surface area contributed by atoms with Gasteiger partial charge in [0, 0.05) is 36.9 Å². The van der Waals surface area contributed by atoms with Gasteiger partial charge in [0.15, 0.2) is 5.82 Å². The average Bonchev–Trinajstić information content (AvgIpc) is 2.92. The van der Waals surface area contributed by atoms with E-state index in [2.05, 4.69) is 15.5 Å². The quantitative estimate of drug-likeness (QED) is 0.935. The summed E-state index contributed by atoms with van der Waals surface area (Å²) in [5.74, 6) is 2.83. The Morgan fingerprint density at radius 2 is 2.38 bits per heavy atom. The van der Waals surface area contributed by atoms with Crippen LogP contribution in [0.25, 0.3) is 0 Å². The fourth-order valence-electron chi connectivity index (χ4n) is 2.26. The minimum absolute atomic E-state index is 0.111. The molecule has 112 valence electrons. The van der Waals surface area contributed by atoms with Gasteiger partial charge in [-0.25, -0.2) is 4.39 Å². The van der Waals surface area contributed by atoms with Crippen LogP contribution in [0.2, 0.25) is 5.02 Å². The Morgan fingerprint density at radius 3 is 3.19 bits per heavy atom. The molecule has 1 aromatic heterocycles. The van der Waals surface area contributed by atoms with Crippen LogP contribution in [0.15, 0.2) is 22.7 Å². The van der Waals surface area contributed by atoms with Crippen LogP contribution in [0.1, 0.15) is 17.3 Å². The van der Waals surface area contributed by atoms with E-state index < -0.39 is 5.82 Å². The summed E-state index contributed by atoms with van der Waals surface area (Å²) in [6, 6.07) is 5.27. The van der Waals surface area contributed by atoms with Crippen molar-refractivity contribution in [3.05, 3.63) is 46.3 Å². The molecule has 1 unspecified atom stereocenters. The lowest BCUT2D eigenvalue weighted by atomic mass is 10.1. The Morgan fingerprint density at radius 1 is 1.48 bits per heavy atom. The molecule has 21 heavy (non-hydrogen) atoms. The highest BCUT2D eigenvalue weighted by molar-refractivity contribution is 7.99. The summed E-state index contributed by atoms with van der Waals surface area (Å²) in [4.78, 5) is 4.33. The van der Waals surface area contributed by atoms with Crippen LogP contribution >= 0.6 is 23.4 Å². The minimum atomic E-state index is -0.420. The molecular formula is C14H15ClFN3OS. The van der Waals surface area contributed by atoms with E-state index in [1.807, 2.05) is 11.8 Å². The molecule has 1 aromatic carbocycles. The second-order valence-electron chi connectivity index (χ2n) is 4.92. The normalized spacial score (nSPS) is 18.9. The van der Waals surface area contributed by atoms with Crippen molar-refractivity contribution in [1.82, 2.24) is 15.5 Å². The highest BCUT2D eigenvalue weighted by atomic mass is 35.5. The molecule has 0 radical (unpaired) electrons. The van der Waals surface area contributed by atoms with Gasteiger partial charge < -0.3 is 9.84 Å². The first-order chi connectivity index (χ1) is 10.2. The van der Waals surface area contributed by atoms with E-state index in [1.54, 1.807) is 12.1 Å². The number of hydrogen-bond acceptors (Lipinski definition) is 5. The number of hydrogen-bond donors (Lipinski definition) is 1. The molecule has 0 saturated carbocycles. The van der Waals surface area contributed by atoms with Crippen molar-refractivity contribution < 1.29 is 8.91 Å². The second kappa shape index (κ2) is 6.77. The van der Waals surface area contributed by atoms with E-state index in [0.29, 0.717) is 29.7 Å². The van der Waals surface area contributed by atoms with Gasteiger partial charge in [0.05, 0.1) is 5.02 Å². The number of nitrogens with one attached hydrogen (secondary N) is 1. The fraction of sp³-hybridized carbons (Fsp3) is 0.429. The largest absolute Gasteiger partial charge is 0.339 e. The topological polar surface area (TPSA) is 51.0 Å². The van der Waals surface area contributed by atoms with Gasteiger partial charge in [-0.2, -0.15) is 16.7 Å². The Balaban J connectivity index is 1.66. The molecule has 1 aliphatic heterocycles. The molecule has 0 bridgehead atoms. The average molecular weight is 328 g/mol. The number of halogens is 2.